The normalized spacial score (nSPS) is 19.3. The van der Waals surface area contributed by atoms with Crippen LogP contribution in [0.15, 0.2) is 6.07 Å². The predicted octanol–water partition coefficient (Wildman–Crippen LogP) is 0.729. The van der Waals surface area contributed by atoms with Crippen LogP contribution < -0.4 is 0 Å². The van der Waals surface area contributed by atoms with E-state index in [2.05, 4.69) is 0 Å². The molecule has 1 atom stereocenters. The smallest absolute Gasteiger partial charge is 0.235 e. The Hall–Kier alpha value is -1.88. The number of aromatic hydroxyl groups is 2. The second-order valence-corrected chi connectivity index (χ2v) is 4.02. The van der Waals surface area contributed by atoms with Gasteiger partial charge in [0.25, 0.3) is 0 Å². The molecule has 0 fully saturated rings. The van der Waals surface area contributed by atoms with Crippen molar-refractivity contribution in [3.05, 3.63) is 22.8 Å². The average Bonchev–Trinajstić information content (AvgIpc) is 2.29. The van der Waals surface area contributed by atoms with Gasteiger partial charge in [0.05, 0.1) is 5.56 Å². The first-order valence-corrected chi connectivity index (χ1v) is 5.13. The van der Waals surface area contributed by atoms with Crippen molar-refractivity contribution in [3.8, 4) is 11.5 Å². The van der Waals surface area contributed by atoms with Gasteiger partial charge in [-0.15, -0.1) is 0 Å². The number of fused-ring (bicyclic) bond motifs is 1. The van der Waals surface area contributed by atoms with E-state index in [9.17, 15) is 19.8 Å². The molecule has 2 rings (SSSR count). The van der Waals surface area contributed by atoms with E-state index in [0.29, 0.717) is 11.1 Å². The third-order valence-electron chi connectivity index (χ3n) is 3.09. The van der Waals surface area contributed by atoms with Crippen LogP contribution in [0.4, 0.5) is 0 Å². The summed E-state index contributed by atoms with van der Waals surface area (Å²) in [6, 6.07) is 1.08. The SMILES string of the molecule is COC1Cc2c(C)c(O)cc(O)c2C(=O)C1=O. The second kappa shape index (κ2) is 3.85. The molecule has 0 aliphatic heterocycles. The third kappa shape index (κ3) is 1.59. The summed E-state index contributed by atoms with van der Waals surface area (Å²) >= 11 is 0. The third-order valence-corrected chi connectivity index (χ3v) is 3.09. The molecule has 0 radical (unpaired) electrons. The summed E-state index contributed by atoms with van der Waals surface area (Å²) in [6.45, 7) is 1.63. The molecular formula is C12H12O5. The van der Waals surface area contributed by atoms with Gasteiger partial charge in [0.2, 0.25) is 11.6 Å². The molecule has 0 aromatic heterocycles. The molecule has 5 heteroatoms. The Morgan fingerprint density at radius 1 is 1.29 bits per heavy atom. The molecular weight excluding hydrogens is 224 g/mol. The highest BCUT2D eigenvalue weighted by Gasteiger charge is 2.37. The van der Waals surface area contributed by atoms with E-state index in [1.807, 2.05) is 0 Å². The largest absolute Gasteiger partial charge is 0.508 e. The number of phenolic OH excluding ortho intramolecular Hbond substituents is 2. The first-order valence-electron chi connectivity index (χ1n) is 5.13. The zero-order chi connectivity index (χ0) is 12.7. The fraction of sp³-hybridized carbons (Fsp3) is 0.333. The van der Waals surface area contributed by atoms with Gasteiger partial charge in [0.15, 0.2) is 0 Å². The summed E-state index contributed by atoms with van der Waals surface area (Å²) in [7, 11) is 1.35. The average molecular weight is 236 g/mol. The van der Waals surface area contributed by atoms with Gasteiger partial charge in [0.1, 0.15) is 17.6 Å². The molecule has 0 bridgehead atoms. The van der Waals surface area contributed by atoms with Crippen LogP contribution in [0, 0.1) is 6.92 Å². The molecule has 1 aliphatic rings. The fourth-order valence-corrected chi connectivity index (χ4v) is 2.05. The van der Waals surface area contributed by atoms with E-state index in [4.69, 9.17) is 4.74 Å². The molecule has 0 spiro atoms. The topological polar surface area (TPSA) is 83.8 Å². The first-order chi connectivity index (χ1) is 7.97. The van der Waals surface area contributed by atoms with Crippen molar-refractivity contribution >= 4 is 11.6 Å². The Kier molecular flexibility index (Phi) is 2.63. The summed E-state index contributed by atoms with van der Waals surface area (Å²) < 4.78 is 4.93. The Morgan fingerprint density at radius 3 is 2.53 bits per heavy atom. The zero-order valence-corrected chi connectivity index (χ0v) is 9.48. The van der Waals surface area contributed by atoms with E-state index in [1.165, 1.54) is 7.11 Å². The number of benzene rings is 1. The molecule has 2 N–H and O–H groups in total. The number of hydrogen-bond donors (Lipinski definition) is 2. The lowest BCUT2D eigenvalue weighted by molar-refractivity contribution is -0.124. The van der Waals surface area contributed by atoms with Crippen molar-refractivity contribution in [1.29, 1.82) is 0 Å². The van der Waals surface area contributed by atoms with Gasteiger partial charge in [-0.2, -0.15) is 0 Å². The summed E-state index contributed by atoms with van der Waals surface area (Å²) in [4.78, 5) is 23.4. The van der Waals surface area contributed by atoms with E-state index >= 15 is 0 Å². The first kappa shape index (κ1) is 11.6. The van der Waals surface area contributed by atoms with Crippen LogP contribution in [-0.2, 0) is 16.0 Å². The fourth-order valence-electron chi connectivity index (χ4n) is 2.05. The lowest BCUT2D eigenvalue weighted by atomic mass is 9.84. The molecule has 1 aliphatic carbocycles. The van der Waals surface area contributed by atoms with Crippen LogP contribution in [0.1, 0.15) is 21.5 Å². The maximum Gasteiger partial charge on any atom is 0.235 e. The number of methoxy groups -OCH3 is 1. The lowest BCUT2D eigenvalue weighted by Gasteiger charge is -2.23. The summed E-state index contributed by atoms with van der Waals surface area (Å²) in [5.74, 6) is -1.90. The molecule has 0 amide bonds. The minimum atomic E-state index is -0.838. The lowest BCUT2D eigenvalue weighted by Crippen LogP contribution is -2.37. The van der Waals surface area contributed by atoms with Gasteiger partial charge in [-0.05, 0) is 18.1 Å². The highest BCUT2D eigenvalue weighted by atomic mass is 16.5. The van der Waals surface area contributed by atoms with Gasteiger partial charge >= 0.3 is 0 Å². The Morgan fingerprint density at radius 2 is 1.94 bits per heavy atom. The molecule has 1 aromatic carbocycles. The highest BCUT2D eigenvalue weighted by Crippen LogP contribution is 2.36. The summed E-state index contributed by atoms with van der Waals surface area (Å²) in [5.41, 5.74) is 0.943. The molecule has 1 aromatic rings. The maximum absolute atomic E-state index is 11.8. The number of rotatable bonds is 1. The van der Waals surface area contributed by atoms with Crippen LogP contribution in [0.3, 0.4) is 0 Å². The standard InChI is InChI=1S/C12H12O5/c1-5-6-3-9(17-2)11(15)12(16)10(6)8(14)4-7(5)13/h4,9,13-14H,3H2,1-2H3. The van der Waals surface area contributed by atoms with Crippen molar-refractivity contribution in [2.45, 2.75) is 19.4 Å². The summed E-state index contributed by atoms with van der Waals surface area (Å²) in [5, 5.41) is 19.2. The van der Waals surface area contributed by atoms with Crippen molar-refractivity contribution < 1.29 is 24.5 Å². The number of hydrogen-bond acceptors (Lipinski definition) is 5. The van der Waals surface area contributed by atoms with Crippen LogP contribution in [0.2, 0.25) is 0 Å². The van der Waals surface area contributed by atoms with Gasteiger partial charge in [-0.3, -0.25) is 9.59 Å². The van der Waals surface area contributed by atoms with Crippen LogP contribution in [-0.4, -0.2) is 35.0 Å². The number of phenols is 2. The molecule has 0 saturated carbocycles. The van der Waals surface area contributed by atoms with Crippen molar-refractivity contribution in [2.75, 3.05) is 7.11 Å². The number of carbonyl (C=O) groups excluding carboxylic acids is 2. The minimum absolute atomic E-state index is 0.0152. The molecule has 1 unspecified atom stereocenters. The van der Waals surface area contributed by atoms with Crippen molar-refractivity contribution in [3.63, 3.8) is 0 Å². The monoisotopic (exact) mass is 236 g/mol. The maximum atomic E-state index is 11.8. The molecule has 90 valence electrons. The van der Waals surface area contributed by atoms with E-state index in [-0.39, 0.29) is 23.5 Å². The van der Waals surface area contributed by atoms with Crippen molar-refractivity contribution in [1.82, 2.24) is 0 Å². The van der Waals surface area contributed by atoms with Gasteiger partial charge in [0, 0.05) is 19.6 Å². The minimum Gasteiger partial charge on any atom is -0.508 e. The highest BCUT2D eigenvalue weighted by molar-refractivity contribution is 6.47. The number of carbonyl (C=O) groups is 2. The molecule has 17 heavy (non-hydrogen) atoms. The van der Waals surface area contributed by atoms with Gasteiger partial charge in [-0.25, -0.2) is 0 Å². The van der Waals surface area contributed by atoms with Gasteiger partial charge < -0.3 is 14.9 Å². The quantitative estimate of drug-likeness (QED) is 0.702. The van der Waals surface area contributed by atoms with Crippen LogP contribution >= 0.6 is 0 Å². The Bertz CT molecular complexity index is 518. The predicted molar refractivity (Wildman–Crippen MR) is 58.3 cm³/mol. The van der Waals surface area contributed by atoms with E-state index in [1.54, 1.807) is 6.92 Å². The van der Waals surface area contributed by atoms with Crippen LogP contribution in [0.25, 0.3) is 0 Å². The molecule has 0 heterocycles. The number of ether oxygens (including phenoxy) is 1. The Balaban J connectivity index is 2.68. The second-order valence-electron chi connectivity index (χ2n) is 4.02. The Labute approximate surface area is 97.6 Å². The van der Waals surface area contributed by atoms with E-state index < -0.39 is 17.7 Å². The summed E-state index contributed by atoms with van der Waals surface area (Å²) in [6.07, 6.45) is -0.653. The molecule has 0 saturated heterocycles. The van der Waals surface area contributed by atoms with Crippen LogP contribution in [0.5, 0.6) is 11.5 Å². The van der Waals surface area contributed by atoms with Crippen molar-refractivity contribution in [2.24, 2.45) is 0 Å². The number of ketones is 2. The van der Waals surface area contributed by atoms with E-state index in [0.717, 1.165) is 6.07 Å². The number of Topliss-reactive ketones (excluding diaryl/α,β-unsaturated/α-hetero) is 2. The zero-order valence-electron chi connectivity index (χ0n) is 9.48. The van der Waals surface area contributed by atoms with Gasteiger partial charge in [-0.1, -0.05) is 0 Å². The molecule has 5 nitrogen and oxygen atoms in total.